The molecule has 0 aliphatic carbocycles. The maximum absolute atomic E-state index is 6.03. The molecular formula is C11H16ClNS. The molecule has 0 bridgehead atoms. The van der Waals surface area contributed by atoms with Gasteiger partial charge in [-0.3, -0.25) is 0 Å². The molecule has 78 valence electrons. The average Bonchev–Trinajstić information content (AvgIpc) is 2.59. The number of nitrogens with one attached hydrogen (secondary N) is 1. The molecule has 1 aromatic rings. The maximum atomic E-state index is 6.03. The summed E-state index contributed by atoms with van der Waals surface area (Å²) in [5, 5.41) is 6.18. The maximum Gasteiger partial charge on any atom is 0.0588 e. The molecule has 0 saturated heterocycles. The van der Waals surface area contributed by atoms with Gasteiger partial charge in [-0.1, -0.05) is 24.6 Å². The van der Waals surface area contributed by atoms with Gasteiger partial charge in [-0.05, 0) is 43.5 Å². The quantitative estimate of drug-likeness (QED) is 0.758. The zero-order chi connectivity index (χ0) is 10.4. The van der Waals surface area contributed by atoms with E-state index in [4.69, 9.17) is 11.6 Å². The van der Waals surface area contributed by atoms with E-state index in [0.29, 0.717) is 0 Å². The topological polar surface area (TPSA) is 12.0 Å². The van der Waals surface area contributed by atoms with E-state index in [9.17, 15) is 0 Å². The Morgan fingerprint density at radius 3 is 3.00 bits per heavy atom. The van der Waals surface area contributed by atoms with Crippen LogP contribution in [-0.4, -0.2) is 13.1 Å². The van der Waals surface area contributed by atoms with Crippen LogP contribution in [0.2, 0.25) is 5.02 Å². The minimum absolute atomic E-state index is 0.868. The molecule has 14 heavy (non-hydrogen) atoms. The number of rotatable bonds is 5. The van der Waals surface area contributed by atoms with Crippen molar-refractivity contribution in [3.05, 3.63) is 27.4 Å². The standard InChI is InChI=1S/C11H16ClNS/c1-3-13-7-4-5-9(2)11-10(12)6-8-14-11/h5-6,8,13H,3-4,7H2,1-2H3/b9-5-. The van der Waals surface area contributed by atoms with Crippen molar-refractivity contribution in [2.45, 2.75) is 20.3 Å². The Morgan fingerprint density at radius 1 is 1.64 bits per heavy atom. The third-order valence-corrected chi connectivity index (χ3v) is 3.47. The highest BCUT2D eigenvalue weighted by Gasteiger charge is 2.02. The highest BCUT2D eigenvalue weighted by Crippen LogP contribution is 2.29. The van der Waals surface area contributed by atoms with Crippen molar-refractivity contribution in [1.29, 1.82) is 0 Å². The second-order valence-corrected chi connectivity index (χ2v) is 4.45. The predicted octanol–water partition coefficient (Wildman–Crippen LogP) is 3.80. The number of hydrogen-bond donors (Lipinski definition) is 1. The van der Waals surface area contributed by atoms with Crippen molar-refractivity contribution in [3.8, 4) is 0 Å². The van der Waals surface area contributed by atoms with Crippen LogP contribution in [0.25, 0.3) is 5.57 Å². The molecule has 0 unspecified atom stereocenters. The van der Waals surface area contributed by atoms with Gasteiger partial charge in [0.1, 0.15) is 0 Å². The zero-order valence-corrected chi connectivity index (χ0v) is 10.2. The van der Waals surface area contributed by atoms with Gasteiger partial charge in [-0.2, -0.15) is 0 Å². The average molecular weight is 230 g/mol. The van der Waals surface area contributed by atoms with Gasteiger partial charge in [-0.25, -0.2) is 0 Å². The number of thiophene rings is 1. The summed E-state index contributed by atoms with van der Waals surface area (Å²) >= 11 is 7.73. The van der Waals surface area contributed by atoms with Gasteiger partial charge < -0.3 is 5.32 Å². The lowest BCUT2D eigenvalue weighted by Gasteiger charge is -2.00. The van der Waals surface area contributed by atoms with Crippen LogP contribution >= 0.6 is 22.9 Å². The van der Waals surface area contributed by atoms with Crippen molar-refractivity contribution in [3.63, 3.8) is 0 Å². The molecule has 0 spiro atoms. The molecule has 1 rings (SSSR count). The predicted molar refractivity (Wildman–Crippen MR) is 66.1 cm³/mol. The van der Waals surface area contributed by atoms with Crippen LogP contribution in [0.15, 0.2) is 17.5 Å². The van der Waals surface area contributed by atoms with Crippen LogP contribution in [0.4, 0.5) is 0 Å². The molecule has 1 N–H and O–H groups in total. The molecule has 3 heteroatoms. The Bertz CT molecular complexity index is 304. The summed E-state index contributed by atoms with van der Waals surface area (Å²) < 4.78 is 0. The van der Waals surface area contributed by atoms with Crippen LogP contribution in [-0.2, 0) is 0 Å². The summed E-state index contributed by atoms with van der Waals surface area (Å²) in [4.78, 5) is 1.20. The monoisotopic (exact) mass is 229 g/mol. The van der Waals surface area contributed by atoms with E-state index < -0.39 is 0 Å². The van der Waals surface area contributed by atoms with Crippen molar-refractivity contribution in [1.82, 2.24) is 5.32 Å². The molecule has 0 saturated carbocycles. The van der Waals surface area contributed by atoms with E-state index in [1.165, 1.54) is 10.5 Å². The number of halogens is 1. The first-order valence-corrected chi connectivity index (χ1v) is 6.12. The van der Waals surface area contributed by atoms with Crippen LogP contribution in [0.5, 0.6) is 0 Å². The minimum atomic E-state index is 0.868. The highest BCUT2D eigenvalue weighted by atomic mass is 35.5. The van der Waals surface area contributed by atoms with E-state index in [1.807, 2.05) is 11.4 Å². The molecule has 1 aromatic heterocycles. The van der Waals surface area contributed by atoms with Crippen molar-refractivity contribution in [2.24, 2.45) is 0 Å². The minimum Gasteiger partial charge on any atom is -0.317 e. The smallest absolute Gasteiger partial charge is 0.0588 e. The van der Waals surface area contributed by atoms with E-state index in [2.05, 4.69) is 25.2 Å². The van der Waals surface area contributed by atoms with Gasteiger partial charge >= 0.3 is 0 Å². The summed E-state index contributed by atoms with van der Waals surface area (Å²) in [5.41, 5.74) is 1.28. The Hall–Kier alpha value is -0.310. The van der Waals surface area contributed by atoms with Crippen LogP contribution < -0.4 is 5.32 Å². The van der Waals surface area contributed by atoms with Gasteiger partial charge in [0.05, 0.1) is 5.02 Å². The van der Waals surface area contributed by atoms with Crippen LogP contribution in [0.1, 0.15) is 25.1 Å². The second kappa shape index (κ2) is 6.23. The first kappa shape index (κ1) is 11.8. The molecule has 0 radical (unpaired) electrons. The zero-order valence-electron chi connectivity index (χ0n) is 8.64. The molecule has 0 fully saturated rings. The highest BCUT2D eigenvalue weighted by molar-refractivity contribution is 7.11. The fourth-order valence-corrected chi connectivity index (χ4v) is 2.45. The summed E-state index contributed by atoms with van der Waals surface area (Å²) in [6.07, 6.45) is 3.30. The number of allylic oxidation sites excluding steroid dienone is 1. The first-order chi connectivity index (χ1) is 6.75. The SMILES string of the molecule is CCNCC/C=C(/C)c1sccc1Cl. The molecular weight excluding hydrogens is 214 g/mol. The van der Waals surface area contributed by atoms with Crippen molar-refractivity contribution < 1.29 is 0 Å². The molecule has 1 nitrogen and oxygen atoms in total. The van der Waals surface area contributed by atoms with E-state index >= 15 is 0 Å². The summed E-state index contributed by atoms with van der Waals surface area (Å²) in [5.74, 6) is 0. The molecule has 0 aromatic carbocycles. The van der Waals surface area contributed by atoms with Crippen molar-refractivity contribution in [2.75, 3.05) is 13.1 Å². The lowest BCUT2D eigenvalue weighted by molar-refractivity contribution is 0.727. The van der Waals surface area contributed by atoms with Gasteiger partial charge in [0, 0.05) is 4.88 Å². The first-order valence-electron chi connectivity index (χ1n) is 4.86. The summed E-state index contributed by atoms with van der Waals surface area (Å²) in [6.45, 7) is 6.31. The number of hydrogen-bond acceptors (Lipinski definition) is 2. The Kier molecular flexibility index (Phi) is 5.23. The van der Waals surface area contributed by atoms with Gasteiger partial charge in [0.15, 0.2) is 0 Å². The van der Waals surface area contributed by atoms with Gasteiger partial charge in [0.25, 0.3) is 0 Å². The lowest BCUT2D eigenvalue weighted by Crippen LogP contribution is -2.12. The van der Waals surface area contributed by atoms with Crippen LogP contribution in [0, 0.1) is 0 Å². The van der Waals surface area contributed by atoms with E-state index in [-0.39, 0.29) is 0 Å². The Morgan fingerprint density at radius 2 is 2.43 bits per heavy atom. The molecule has 0 aliphatic heterocycles. The molecule has 0 aliphatic rings. The molecule has 0 atom stereocenters. The van der Waals surface area contributed by atoms with Gasteiger partial charge in [0.2, 0.25) is 0 Å². The molecule has 0 amide bonds. The second-order valence-electron chi connectivity index (χ2n) is 3.13. The largest absolute Gasteiger partial charge is 0.317 e. The Balaban J connectivity index is 2.48. The Labute approximate surface area is 94.8 Å². The third kappa shape index (κ3) is 3.45. The van der Waals surface area contributed by atoms with E-state index in [0.717, 1.165) is 24.5 Å². The summed E-state index contributed by atoms with van der Waals surface area (Å²) in [7, 11) is 0. The van der Waals surface area contributed by atoms with Crippen molar-refractivity contribution >= 4 is 28.5 Å². The molecule has 1 heterocycles. The fraction of sp³-hybridized carbons (Fsp3) is 0.455. The fourth-order valence-electron chi connectivity index (χ4n) is 1.24. The third-order valence-electron chi connectivity index (χ3n) is 2.00. The summed E-state index contributed by atoms with van der Waals surface area (Å²) in [6, 6.07) is 1.95. The normalized spacial score (nSPS) is 12.1. The van der Waals surface area contributed by atoms with Gasteiger partial charge in [-0.15, -0.1) is 11.3 Å². The van der Waals surface area contributed by atoms with Crippen LogP contribution in [0.3, 0.4) is 0 Å². The lowest BCUT2D eigenvalue weighted by atomic mass is 10.2. The van der Waals surface area contributed by atoms with E-state index in [1.54, 1.807) is 11.3 Å².